The third kappa shape index (κ3) is 3.05. The van der Waals surface area contributed by atoms with E-state index in [1.165, 1.54) is 9.13 Å². The summed E-state index contributed by atoms with van der Waals surface area (Å²) in [5, 5.41) is 4.55. The Bertz CT molecular complexity index is 1270. The van der Waals surface area contributed by atoms with Gasteiger partial charge >= 0.3 is 5.69 Å². The fraction of sp³-hybridized carbons (Fsp3) is 0.238. The van der Waals surface area contributed by atoms with Gasteiger partial charge in [0.05, 0.1) is 10.9 Å². The minimum Gasteiger partial charge on any atom is -0.337 e. The van der Waals surface area contributed by atoms with Crippen LogP contribution in [0.15, 0.2) is 62.6 Å². The zero-order valence-electron chi connectivity index (χ0n) is 15.8. The highest BCUT2D eigenvalue weighted by atomic mass is 16.5. The van der Waals surface area contributed by atoms with Gasteiger partial charge < -0.3 is 4.52 Å². The average Bonchev–Trinajstić information content (AvgIpc) is 3.17. The van der Waals surface area contributed by atoms with Gasteiger partial charge in [0.15, 0.2) is 0 Å². The van der Waals surface area contributed by atoms with Gasteiger partial charge in [-0.1, -0.05) is 48.5 Å². The zero-order chi connectivity index (χ0) is 19.7. The molecular formula is C21H20N4O3. The summed E-state index contributed by atoms with van der Waals surface area (Å²) in [6.45, 7) is 4.37. The molecule has 142 valence electrons. The second-order valence-corrected chi connectivity index (χ2v) is 6.67. The molecular weight excluding hydrogens is 356 g/mol. The number of hydrogen-bond donors (Lipinski definition) is 0. The Balaban J connectivity index is 1.82. The molecule has 0 bridgehead atoms. The van der Waals surface area contributed by atoms with Gasteiger partial charge in [-0.2, -0.15) is 4.98 Å². The number of rotatable bonds is 5. The van der Waals surface area contributed by atoms with Crippen molar-refractivity contribution in [2.24, 2.45) is 0 Å². The van der Waals surface area contributed by atoms with Crippen molar-refractivity contribution in [3.05, 3.63) is 80.8 Å². The van der Waals surface area contributed by atoms with E-state index in [0.717, 1.165) is 11.1 Å². The Labute approximate surface area is 160 Å². The molecule has 0 fully saturated rings. The molecule has 2 aromatic carbocycles. The summed E-state index contributed by atoms with van der Waals surface area (Å²) in [4.78, 5) is 30.1. The molecule has 4 rings (SSSR count). The summed E-state index contributed by atoms with van der Waals surface area (Å²) in [6.07, 6.45) is 0.686. The summed E-state index contributed by atoms with van der Waals surface area (Å²) >= 11 is 0. The van der Waals surface area contributed by atoms with Crippen molar-refractivity contribution in [2.45, 2.75) is 33.4 Å². The Morgan fingerprint density at radius 2 is 1.75 bits per heavy atom. The molecule has 0 atom stereocenters. The normalized spacial score (nSPS) is 11.2. The van der Waals surface area contributed by atoms with Gasteiger partial charge in [0.25, 0.3) is 5.56 Å². The predicted octanol–water partition coefficient (Wildman–Crippen LogP) is 2.98. The van der Waals surface area contributed by atoms with Gasteiger partial charge in [-0.25, -0.2) is 4.79 Å². The molecule has 0 unspecified atom stereocenters. The van der Waals surface area contributed by atoms with E-state index in [1.807, 2.05) is 38.1 Å². The Morgan fingerprint density at radius 1 is 1.00 bits per heavy atom. The van der Waals surface area contributed by atoms with Crippen LogP contribution in [0.3, 0.4) is 0 Å². The molecule has 0 saturated heterocycles. The van der Waals surface area contributed by atoms with Crippen molar-refractivity contribution >= 4 is 10.9 Å². The fourth-order valence-electron chi connectivity index (χ4n) is 3.33. The predicted molar refractivity (Wildman–Crippen MR) is 106 cm³/mol. The monoisotopic (exact) mass is 376 g/mol. The summed E-state index contributed by atoms with van der Waals surface area (Å²) < 4.78 is 8.18. The zero-order valence-corrected chi connectivity index (χ0v) is 15.8. The standard InChI is InChI=1S/C21H20N4O3/c1-3-12-24-20(26)16-10-6-7-11-17(16)25(21(24)27)13-18-22-19(23-28-18)15-9-5-4-8-14(15)2/h4-11H,3,12-13H2,1-2H3. The Kier molecular flexibility index (Phi) is 4.65. The van der Waals surface area contributed by atoms with E-state index >= 15 is 0 Å². The topological polar surface area (TPSA) is 82.9 Å². The van der Waals surface area contributed by atoms with Crippen molar-refractivity contribution in [3.8, 4) is 11.4 Å². The van der Waals surface area contributed by atoms with Crippen LogP contribution < -0.4 is 11.2 Å². The van der Waals surface area contributed by atoms with E-state index in [9.17, 15) is 9.59 Å². The SMILES string of the molecule is CCCn1c(=O)c2ccccc2n(Cc2nc(-c3ccccc3C)no2)c1=O. The Morgan fingerprint density at radius 3 is 2.54 bits per heavy atom. The van der Waals surface area contributed by atoms with Crippen molar-refractivity contribution in [3.63, 3.8) is 0 Å². The van der Waals surface area contributed by atoms with E-state index in [2.05, 4.69) is 10.1 Å². The molecule has 0 aliphatic rings. The second kappa shape index (κ2) is 7.26. The molecule has 7 heteroatoms. The molecule has 0 aliphatic carbocycles. The van der Waals surface area contributed by atoms with E-state index in [0.29, 0.717) is 35.6 Å². The first-order chi connectivity index (χ1) is 13.6. The first-order valence-electron chi connectivity index (χ1n) is 9.21. The van der Waals surface area contributed by atoms with Crippen molar-refractivity contribution in [2.75, 3.05) is 0 Å². The van der Waals surface area contributed by atoms with Crippen LogP contribution in [0.5, 0.6) is 0 Å². The van der Waals surface area contributed by atoms with Crippen LogP contribution in [0.2, 0.25) is 0 Å². The number of nitrogens with zero attached hydrogens (tertiary/aromatic N) is 4. The lowest BCUT2D eigenvalue weighted by molar-refractivity contribution is 0.369. The third-order valence-corrected chi connectivity index (χ3v) is 4.73. The molecule has 0 N–H and O–H groups in total. The maximum Gasteiger partial charge on any atom is 0.331 e. The van der Waals surface area contributed by atoms with E-state index in [4.69, 9.17) is 4.52 Å². The quantitative estimate of drug-likeness (QED) is 0.535. The van der Waals surface area contributed by atoms with Crippen molar-refractivity contribution in [1.82, 2.24) is 19.3 Å². The third-order valence-electron chi connectivity index (χ3n) is 4.73. The molecule has 7 nitrogen and oxygen atoms in total. The van der Waals surface area contributed by atoms with Crippen molar-refractivity contribution < 1.29 is 4.52 Å². The number of fused-ring (bicyclic) bond motifs is 1. The average molecular weight is 376 g/mol. The van der Waals surface area contributed by atoms with Gasteiger partial charge in [-0.3, -0.25) is 13.9 Å². The van der Waals surface area contributed by atoms with Crippen LogP contribution in [-0.4, -0.2) is 19.3 Å². The van der Waals surface area contributed by atoms with Gasteiger partial charge in [0, 0.05) is 12.1 Å². The number of aryl methyl sites for hydroxylation is 1. The number of hydrogen-bond acceptors (Lipinski definition) is 5. The maximum absolute atomic E-state index is 13.0. The molecule has 4 aromatic rings. The molecule has 0 saturated carbocycles. The smallest absolute Gasteiger partial charge is 0.331 e. The number of benzene rings is 2. The Hall–Kier alpha value is -3.48. The van der Waals surface area contributed by atoms with Crippen molar-refractivity contribution in [1.29, 1.82) is 0 Å². The van der Waals surface area contributed by atoms with Gasteiger partial charge in [-0.15, -0.1) is 0 Å². The first-order valence-corrected chi connectivity index (χ1v) is 9.21. The van der Waals surface area contributed by atoms with Crippen LogP contribution in [0.1, 0.15) is 24.8 Å². The lowest BCUT2D eigenvalue weighted by atomic mass is 10.1. The van der Waals surface area contributed by atoms with Crippen LogP contribution in [0.4, 0.5) is 0 Å². The van der Waals surface area contributed by atoms with Crippen LogP contribution in [0, 0.1) is 6.92 Å². The van der Waals surface area contributed by atoms with Crippen LogP contribution in [-0.2, 0) is 13.1 Å². The van der Waals surface area contributed by atoms with E-state index in [-0.39, 0.29) is 17.8 Å². The van der Waals surface area contributed by atoms with Gasteiger partial charge in [0.2, 0.25) is 11.7 Å². The summed E-state index contributed by atoms with van der Waals surface area (Å²) in [7, 11) is 0. The van der Waals surface area contributed by atoms with Gasteiger partial charge in [-0.05, 0) is 31.0 Å². The molecule has 0 radical (unpaired) electrons. The molecule has 2 heterocycles. The van der Waals surface area contributed by atoms with Crippen LogP contribution in [0.25, 0.3) is 22.3 Å². The maximum atomic E-state index is 13.0. The minimum absolute atomic E-state index is 0.0994. The van der Waals surface area contributed by atoms with E-state index < -0.39 is 0 Å². The number of para-hydroxylation sites is 1. The lowest BCUT2D eigenvalue weighted by Crippen LogP contribution is -2.40. The molecule has 28 heavy (non-hydrogen) atoms. The van der Waals surface area contributed by atoms with Crippen LogP contribution >= 0.6 is 0 Å². The number of aromatic nitrogens is 4. The fourth-order valence-corrected chi connectivity index (χ4v) is 3.33. The molecule has 0 aliphatic heterocycles. The molecule has 0 amide bonds. The summed E-state index contributed by atoms with van der Waals surface area (Å²) in [5.74, 6) is 0.791. The highest BCUT2D eigenvalue weighted by Gasteiger charge is 2.16. The minimum atomic E-state index is -0.374. The highest BCUT2D eigenvalue weighted by Crippen LogP contribution is 2.20. The van der Waals surface area contributed by atoms with Gasteiger partial charge in [0.1, 0.15) is 6.54 Å². The highest BCUT2D eigenvalue weighted by molar-refractivity contribution is 5.77. The van der Waals surface area contributed by atoms with E-state index in [1.54, 1.807) is 24.3 Å². The largest absolute Gasteiger partial charge is 0.337 e. The summed E-state index contributed by atoms with van der Waals surface area (Å²) in [5.41, 5.74) is 1.83. The molecule has 0 spiro atoms. The first kappa shape index (κ1) is 17.9. The lowest BCUT2D eigenvalue weighted by Gasteiger charge is -2.12. The second-order valence-electron chi connectivity index (χ2n) is 6.67. The molecule has 2 aromatic heterocycles. The summed E-state index contributed by atoms with van der Waals surface area (Å²) in [6, 6.07) is 14.8.